The predicted molar refractivity (Wildman–Crippen MR) is 87.0 cm³/mol. The van der Waals surface area contributed by atoms with Crippen LogP contribution in [-0.4, -0.2) is 38.2 Å². The van der Waals surface area contributed by atoms with Gasteiger partial charge < -0.3 is 20.1 Å². The zero-order chi connectivity index (χ0) is 16.6. The summed E-state index contributed by atoms with van der Waals surface area (Å²) >= 11 is 0. The van der Waals surface area contributed by atoms with Crippen molar-refractivity contribution in [3.63, 3.8) is 0 Å². The number of ether oxygens (including phenoxy) is 2. The molecule has 2 N–H and O–H groups in total. The average molecular weight is 307 g/mol. The molecule has 1 aromatic carbocycles. The van der Waals surface area contributed by atoms with E-state index in [0.29, 0.717) is 12.5 Å². The SMILES string of the molecule is CN=C(NCC(=O)OC(C)(C)C)NCc1ccc(OC)cc1. The third-order valence-electron chi connectivity index (χ3n) is 2.66. The Morgan fingerprint density at radius 1 is 1.18 bits per heavy atom. The van der Waals surface area contributed by atoms with Gasteiger partial charge in [0.05, 0.1) is 7.11 Å². The van der Waals surface area contributed by atoms with Gasteiger partial charge in [-0.25, -0.2) is 0 Å². The standard InChI is InChI=1S/C16H25N3O3/c1-16(2,3)22-14(20)11-19-15(17-4)18-10-12-6-8-13(21-5)9-7-12/h6-9H,10-11H2,1-5H3,(H2,17,18,19). The third kappa shape index (κ3) is 6.97. The van der Waals surface area contributed by atoms with Crippen molar-refractivity contribution in [3.8, 4) is 5.75 Å². The molecule has 0 bridgehead atoms. The van der Waals surface area contributed by atoms with Crippen molar-refractivity contribution in [2.24, 2.45) is 4.99 Å². The first-order chi connectivity index (χ1) is 10.3. The number of carbonyl (C=O) groups excluding carboxylic acids is 1. The lowest BCUT2D eigenvalue weighted by Gasteiger charge is -2.20. The largest absolute Gasteiger partial charge is 0.497 e. The first-order valence-electron chi connectivity index (χ1n) is 7.13. The normalized spacial score (nSPS) is 11.8. The summed E-state index contributed by atoms with van der Waals surface area (Å²) < 4.78 is 10.3. The highest BCUT2D eigenvalue weighted by Gasteiger charge is 2.16. The molecular weight excluding hydrogens is 282 g/mol. The van der Waals surface area contributed by atoms with E-state index in [1.54, 1.807) is 14.2 Å². The highest BCUT2D eigenvalue weighted by atomic mass is 16.6. The Labute approximate surface area is 131 Å². The molecule has 0 aromatic heterocycles. The summed E-state index contributed by atoms with van der Waals surface area (Å²) in [5.41, 5.74) is 0.597. The molecule has 1 aromatic rings. The van der Waals surface area contributed by atoms with Gasteiger partial charge in [-0.3, -0.25) is 9.79 Å². The van der Waals surface area contributed by atoms with Gasteiger partial charge in [-0.05, 0) is 38.5 Å². The monoisotopic (exact) mass is 307 g/mol. The molecule has 0 radical (unpaired) electrons. The molecule has 0 spiro atoms. The van der Waals surface area contributed by atoms with Crippen LogP contribution in [0.4, 0.5) is 0 Å². The summed E-state index contributed by atoms with van der Waals surface area (Å²) in [6.07, 6.45) is 0. The number of benzene rings is 1. The molecule has 0 saturated carbocycles. The van der Waals surface area contributed by atoms with Crippen LogP contribution in [0.3, 0.4) is 0 Å². The van der Waals surface area contributed by atoms with Crippen LogP contribution in [0.5, 0.6) is 5.75 Å². The molecule has 0 aliphatic carbocycles. The van der Waals surface area contributed by atoms with E-state index in [-0.39, 0.29) is 12.5 Å². The van der Waals surface area contributed by atoms with Crippen molar-refractivity contribution >= 4 is 11.9 Å². The van der Waals surface area contributed by atoms with E-state index >= 15 is 0 Å². The van der Waals surface area contributed by atoms with E-state index in [2.05, 4.69) is 15.6 Å². The van der Waals surface area contributed by atoms with E-state index in [4.69, 9.17) is 9.47 Å². The molecule has 0 atom stereocenters. The molecule has 6 heteroatoms. The maximum Gasteiger partial charge on any atom is 0.325 e. The summed E-state index contributed by atoms with van der Waals surface area (Å²) in [6, 6.07) is 7.72. The van der Waals surface area contributed by atoms with Gasteiger partial charge in [-0.2, -0.15) is 0 Å². The van der Waals surface area contributed by atoms with Gasteiger partial charge in [-0.15, -0.1) is 0 Å². The second-order valence-corrected chi connectivity index (χ2v) is 5.71. The third-order valence-corrected chi connectivity index (χ3v) is 2.66. The van der Waals surface area contributed by atoms with Gasteiger partial charge in [0.2, 0.25) is 0 Å². The second-order valence-electron chi connectivity index (χ2n) is 5.71. The Morgan fingerprint density at radius 2 is 1.82 bits per heavy atom. The van der Waals surface area contributed by atoms with Crippen molar-refractivity contribution in [3.05, 3.63) is 29.8 Å². The van der Waals surface area contributed by atoms with Gasteiger partial charge in [0, 0.05) is 13.6 Å². The van der Waals surface area contributed by atoms with E-state index in [1.807, 2.05) is 45.0 Å². The van der Waals surface area contributed by atoms with E-state index in [1.165, 1.54) is 0 Å². The number of carbonyl (C=O) groups is 1. The molecule has 122 valence electrons. The quantitative estimate of drug-likeness (QED) is 0.492. The Balaban J connectivity index is 2.40. The predicted octanol–water partition coefficient (Wildman–Crippen LogP) is 1.70. The number of rotatable bonds is 5. The van der Waals surface area contributed by atoms with Gasteiger partial charge >= 0.3 is 5.97 Å². The van der Waals surface area contributed by atoms with Crippen LogP contribution in [0.1, 0.15) is 26.3 Å². The summed E-state index contributed by atoms with van der Waals surface area (Å²) in [4.78, 5) is 15.7. The minimum Gasteiger partial charge on any atom is -0.497 e. The molecule has 0 fully saturated rings. The fraction of sp³-hybridized carbons (Fsp3) is 0.500. The lowest BCUT2D eigenvalue weighted by atomic mass is 10.2. The Hall–Kier alpha value is -2.24. The number of nitrogens with zero attached hydrogens (tertiary/aromatic N) is 1. The summed E-state index contributed by atoms with van der Waals surface area (Å²) in [5.74, 6) is 1.04. The fourth-order valence-electron chi connectivity index (χ4n) is 1.68. The van der Waals surface area contributed by atoms with Crippen LogP contribution in [0.2, 0.25) is 0 Å². The maximum absolute atomic E-state index is 11.6. The molecule has 0 unspecified atom stereocenters. The molecule has 0 saturated heterocycles. The van der Waals surface area contributed by atoms with Gasteiger partial charge in [0.25, 0.3) is 0 Å². The van der Waals surface area contributed by atoms with Crippen LogP contribution in [-0.2, 0) is 16.1 Å². The molecule has 6 nitrogen and oxygen atoms in total. The van der Waals surface area contributed by atoms with Crippen molar-refractivity contribution in [2.45, 2.75) is 32.9 Å². The highest BCUT2D eigenvalue weighted by molar-refractivity contribution is 5.84. The number of hydrogen-bond donors (Lipinski definition) is 2. The Kier molecular flexibility index (Phi) is 6.69. The fourth-order valence-corrected chi connectivity index (χ4v) is 1.68. The lowest BCUT2D eigenvalue weighted by molar-refractivity contribution is -0.153. The molecule has 0 aliphatic heterocycles. The first-order valence-corrected chi connectivity index (χ1v) is 7.13. The second kappa shape index (κ2) is 8.26. The van der Waals surface area contributed by atoms with Crippen LogP contribution < -0.4 is 15.4 Å². The van der Waals surface area contributed by atoms with Crippen molar-refractivity contribution in [1.82, 2.24) is 10.6 Å². The average Bonchev–Trinajstić information content (AvgIpc) is 2.46. The molecule has 0 amide bonds. The number of guanidine groups is 1. The molecular formula is C16H25N3O3. The summed E-state index contributed by atoms with van der Waals surface area (Å²) in [6.45, 7) is 6.17. The topological polar surface area (TPSA) is 72.0 Å². The van der Waals surface area contributed by atoms with E-state index in [9.17, 15) is 4.79 Å². The highest BCUT2D eigenvalue weighted by Crippen LogP contribution is 2.10. The minimum absolute atomic E-state index is 0.0690. The Morgan fingerprint density at radius 3 is 2.32 bits per heavy atom. The smallest absolute Gasteiger partial charge is 0.325 e. The molecule has 22 heavy (non-hydrogen) atoms. The van der Waals surface area contributed by atoms with Crippen LogP contribution in [0.15, 0.2) is 29.3 Å². The lowest BCUT2D eigenvalue weighted by Crippen LogP contribution is -2.41. The van der Waals surface area contributed by atoms with Gasteiger partial charge in [0.15, 0.2) is 5.96 Å². The Bertz CT molecular complexity index is 504. The van der Waals surface area contributed by atoms with Crippen molar-refractivity contribution in [1.29, 1.82) is 0 Å². The number of nitrogens with one attached hydrogen (secondary N) is 2. The van der Waals surface area contributed by atoms with Crippen LogP contribution in [0.25, 0.3) is 0 Å². The molecule has 1 rings (SSSR count). The zero-order valence-electron chi connectivity index (χ0n) is 13.9. The van der Waals surface area contributed by atoms with Crippen molar-refractivity contribution in [2.75, 3.05) is 20.7 Å². The van der Waals surface area contributed by atoms with Crippen molar-refractivity contribution < 1.29 is 14.3 Å². The van der Waals surface area contributed by atoms with Gasteiger partial charge in [-0.1, -0.05) is 12.1 Å². The number of esters is 1. The summed E-state index contributed by atoms with van der Waals surface area (Å²) in [5, 5.41) is 6.06. The zero-order valence-corrected chi connectivity index (χ0v) is 13.9. The van der Waals surface area contributed by atoms with E-state index in [0.717, 1.165) is 11.3 Å². The molecule has 0 heterocycles. The number of methoxy groups -OCH3 is 1. The van der Waals surface area contributed by atoms with Crippen LogP contribution >= 0.6 is 0 Å². The van der Waals surface area contributed by atoms with Gasteiger partial charge in [0.1, 0.15) is 17.9 Å². The molecule has 0 aliphatic rings. The van der Waals surface area contributed by atoms with E-state index < -0.39 is 5.60 Å². The number of hydrogen-bond acceptors (Lipinski definition) is 4. The van der Waals surface area contributed by atoms with Crippen LogP contribution in [0, 0.1) is 0 Å². The first kappa shape index (κ1) is 17.8. The summed E-state index contributed by atoms with van der Waals surface area (Å²) in [7, 11) is 3.29. The number of aliphatic imine (C=N–C) groups is 1. The minimum atomic E-state index is -0.487. The maximum atomic E-state index is 11.6.